The zero-order chi connectivity index (χ0) is 44.9. The van der Waals surface area contributed by atoms with E-state index in [9.17, 15) is 0 Å². The molecule has 0 saturated carbocycles. The third kappa shape index (κ3) is 14.1. The van der Waals surface area contributed by atoms with Crippen molar-refractivity contribution in [3.63, 3.8) is 0 Å². The van der Waals surface area contributed by atoms with Gasteiger partial charge in [-0.25, -0.2) is 0 Å². The van der Waals surface area contributed by atoms with Gasteiger partial charge in [0.2, 0.25) is 0 Å². The second-order valence-corrected chi connectivity index (χ2v) is 33.6. The molecule has 0 aliphatic carbocycles. The first-order chi connectivity index (χ1) is 30.6. The molecular formula is C50H35Cl5K2N4Pt2. The van der Waals surface area contributed by atoms with E-state index in [0.29, 0.717) is 0 Å². The normalized spacial score (nSPS) is 11.0. The Labute approximate surface area is 447 Å². The SMILES string of the molecule is Cc1cc(-c2nccc3ccccc23)[c-]c(-c2nccc3ccccc23)c1.Cc1cc(-c2nccc3ccccc23)cc(-c2nccc3ccccc23)c1.[Cl][Pt+].[Cl][Pt]([Cl])([Cl])[Cl].[K][K]. The van der Waals surface area contributed by atoms with Gasteiger partial charge in [-0.15, -0.1) is 23.8 Å². The average molecular weight is 1340 g/mol. The number of rotatable bonds is 4. The molecule has 4 nitrogen and oxygen atoms in total. The van der Waals surface area contributed by atoms with Crippen LogP contribution in [0.15, 0.2) is 176 Å². The monoisotopic (exact) mass is 1330 g/mol. The summed E-state index contributed by atoms with van der Waals surface area (Å²) in [4.78, 5) is 18.7. The van der Waals surface area contributed by atoms with Gasteiger partial charge in [-0.1, -0.05) is 115 Å². The maximum atomic E-state index is 5.01. The molecule has 0 bridgehead atoms. The standard InChI is InChI=1S/C25H18N2.C25H17N2.5ClH.2K.2Pt/c2*1-17-14-20(24-22-8-4-2-6-18(22)10-12-26-24)16-21(15-17)25-23-9-5-3-7-19(23)11-13-27-25;;;;;;;;;/h2-16H,1H3;2-15H,1H3;5*1H;;;;/q;-1;;;;;;;;+2;+4/p-5. The molecule has 0 atom stereocenters. The average Bonchev–Trinajstić information content (AvgIpc) is 3.31. The van der Waals surface area contributed by atoms with E-state index in [1.165, 1.54) is 107 Å². The van der Waals surface area contributed by atoms with Crippen molar-refractivity contribution >= 4 is 153 Å². The molecular weight excluding hydrogens is 1300 g/mol. The van der Waals surface area contributed by atoms with Gasteiger partial charge in [0, 0.05) is 58.1 Å². The number of halogens is 5. The summed E-state index contributed by atoms with van der Waals surface area (Å²) < 4.78 is 0. The summed E-state index contributed by atoms with van der Waals surface area (Å²) in [6.07, 6.45) is 7.50. The van der Waals surface area contributed by atoms with Gasteiger partial charge in [0.05, 0.1) is 11.4 Å². The molecule has 0 spiro atoms. The van der Waals surface area contributed by atoms with Gasteiger partial charge in [-0.05, 0) is 87.3 Å². The van der Waals surface area contributed by atoms with Gasteiger partial charge in [-0.2, -0.15) is 0 Å². The first-order valence-corrected chi connectivity index (χ1v) is 49.8. The van der Waals surface area contributed by atoms with Gasteiger partial charge in [0.15, 0.2) is 0 Å². The summed E-state index contributed by atoms with van der Waals surface area (Å²) in [5, 5.41) is 9.38. The van der Waals surface area contributed by atoms with E-state index in [2.05, 4.69) is 179 Å². The van der Waals surface area contributed by atoms with Crippen molar-refractivity contribution in [3.05, 3.63) is 194 Å². The first-order valence-electron chi connectivity index (χ1n) is 19.7. The molecule has 10 rings (SSSR count). The molecule has 13 heteroatoms. The van der Waals surface area contributed by atoms with Crippen molar-refractivity contribution in [1.82, 2.24) is 19.9 Å². The Morgan fingerprint density at radius 2 is 0.683 bits per heavy atom. The van der Waals surface area contributed by atoms with Crippen LogP contribution in [0.5, 0.6) is 0 Å². The molecule has 6 aromatic carbocycles. The zero-order valence-electron chi connectivity index (χ0n) is 34.6. The second-order valence-electron chi connectivity index (χ2n) is 13.9. The van der Waals surface area contributed by atoms with Gasteiger partial charge in [0.1, 0.15) is 0 Å². The van der Waals surface area contributed by atoms with Crippen LogP contribution < -0.4 is 0 Å². The Hall–Kier alpha value is -0.941. The van der Waals surface area contributed by atoms with Crippen LogP contribution in [-0.2, 0) is 30.7 Å². The fourth-order valence-electron chi connectivity index (χ4n) is 7.39. The third-order valence-electron chi connectivity index (χ3n) is 9.84. The Morgan fingerprint density at radius 1 is 0.413 bits per heavy atom. The van der Waals surface area contributed by atoms with E-state index < -0.39 is 11.9 Å². The van der Waals surface area contributed by atoms with E-state index in [4.69, 9.17) is 47.6 Å². The molecule has 63 heavy (non-hydrogen) atoms. The van der Waals surface area contributed by atoms with E-state index in [-0.39, 0.29) is 0 Å². The zero-order valence-corrected chi connectivity index (χ0v) is 49.1. The van der Waals surface area contributed by atoms with Crippen LogP contribution in [0.4, 0.5) is 0 Å². The van der Waals surface area contributed by atoms with Gasteiger partial charge in [-0.3, -0.25) is 19.9 Å². The van der Waals surface area contributed by atoms with Gasteiger partial charge < -0.3 is 0 Å². The molecule has 0 unspecified atom stereocenters. The van der Waals surface area contributed by atoms with Crippen molar-refractivity contribution in [2.24, 2.45) is 0 Å². The van der Waals surface area contributed by atoms with Crippen LogP contribution in [0.25, 0.3) is 88.1 Å². The molecule has 0 aliphatic heterocycles. The van der Waals surface area contributed by atoms with Crippen LogP contribution in [0, 0.1) is 19.9 Å². The predicted molar refractivity (Wildman–Crippen MR) is 265 cm³/mol. The Bertz CT molecular complexity index is 2710. The molecule has 0 radical (unpaired) electrons. The Balaban J connectivity index is 0.000000177. The fourth-order valence-corrected chi connectivity index (χ4v) is 7.39. The predicted octanol–water partition coefficient (Wildman–Crippen LogP) is 15.3. The van der Waals surface area contributed by atoms with Gasteiger partial charge >= 0.3 is 141 Å². The quantitative estimate of drug-likeness (QED) is 0.130. The molecule has 0 fully saturated rings. The maximum absolute atomic E-state index is 5.01. The van der Waals surface area contributed by atoms with Crippen LogP contribution in [0.1, 0.15) is 11.1 Å². The third-order valence-corrected chi connectivity index (χ3v) is 9.84. The molecule has 4 aromatic heterocycles. The molecule has 0 aliphatic rings. The Morgan fingerprint density at radius 3 is 1.02 bits per heavy atom. The first kappa shape index (κ1) is 51.5. The number of hydrogen-bond donors (Lipinski definition) is 0. The number of nitrogens with zero attached hydrogens (tertiary/aromatic N) is 4. The molecule has 4 heterocycles. The van der Waals surface area contributed by atoms with Crippen molar-refractivity contribution in [1.29, 1.82) is 0 Å². The minimum atomic E-state index is -3.06. The number of pyridine rings is 4. The van der Waals surface area contributed by atoms with Crippen molar-refractivity contribution in [2.75, 3.05) is 0 Å². The summed E-state index contributed by atoms with van der Waals surface area (Å²) in [6, 6.07) is 56.1. The summed E-state index contributed by atoms with van der Waals surface area (Å²) >= 11 is 1.06. The molecule has 312 valence electrons. The van der Waals surface area contributed by atoms with E-state index in [1.807, 2.05) is 36.9 Å². The van der Waals surface area contributed by atoms with Crippen LogP contribution >= 0.6 is 47.1 Å². The van der Waals surface area contributed by atoms with Crippen molar-refractivity contribution in [2.45, 2.75) is 13.8 Å². The fraction of sp³-hybridized carbons (Fsp3) is 0.0400. The number of benzene rings is 6. The van der Waals surface area contributed by atoms with E-state index >= 15 is 0 Å². The molecule has 0 amide bonds. The number of fused-ring (bicyclic) bond motifs is 4. The van der Waals surface area contributed by atoms with Crippen molar-refractivity contribution in [3.8, 4) is 45.0 Å². The van der Waals surface area contributed by atoms with E-state index in [0.717, 1.165) is 55.8 Å². The number of aryl methyl sites for hydroxylation is 2. The van der Waals surface area contributed by atoms with Crippen LogP contribution in [0.3, 0.4) is 0 Å². The van der Waals surface area contributed by atoms with Gasteiger partial charge in [0.25, 0.3) is 0 Å². The molecule has 0 saturated heterocycles. The summed E-state index contributed by atoms with van der Waals surface area (Å²) in [5.41, 5.74) is 10.5. The number of hydrogen-bond acceptors (Lipinski definition) is 4. The molecule has 0 N–H and O–H groups in total. The number of aromatic nitrogens is 4. The Kier molecular flexibility index (Phi) is 20.8. The van der Waals surface area contributed by atoms with Crippen LogP contribution in [0.2, 0.25) is 0 Å². The topological polar surface area (TPSA) is 51.6 Å². The van der Waals surface area contributed by atoms with Crippen LogP contribution in [-0.4, -0.2) is 83.1 Å². The molecule has 10 aromatic rings. The van der Waals surface area contributed by atoms with E-state index in [1.54, 1.807) is 18.8 Å². The van der Waals surface area contributed by atoms with Crippen molar-refractivity contribution < 1.29 is 30.7 Å². The summed E-state index contributed by atoms with van der Waals surface area (Å²) in [5.74, 6) is 0. The minimum absolute atomic E-state index is 0.957. The summed E-state index contributed by atoms with van der Waals surface area (Å²) in [6.45, 7) is 4.24. The second kappa shape index (κ2) is 25.4. The summed E-state index contributed by atoms with van der Waals surface area (Å²) in [7, 11) is 24.6.